The van der Waals surface area contributed by atoms with Gasteiger partial charge in [0.25, 0.3) is 0 Å². The van der Waals surface area contributed by atoms with Gasteiger partial charge in [0.05, 0.1) is 13.2 Å². The number of hydrogen-bond acceptors (Lipinski definition) is 3. The number of phenols is 1. The van der Waals surface area contributed by atoms with Crippen molar-refractivity contribution in [2.45, 2.75) is 6.04 Å². The molecule has 5 rings (SSSR count). The fourth-order valence-corrected chi connectivity index (χ4v) is 4.07. The minimum atomic E-state index is 0.132. The van der Waals surface area contributed by atoms with Crippen molar-refractivity contribution < 1.29 is 9.84 Å². The van der Waals surface area contributed by atoms with Crippen LogP contribution in [0.4, 0.5) is 5.69 Å². The highest BCUT2D eigenvalue weighted by Crippen LogP contribution is 2.51. The van der Waals surface area contributed by atoms with E-state index in [0.717, 1.165) is 5.56 Å². The Morgan fingerprint density at radius 2 is 1.81 bits per heavy atom. The number of fused-ring (bicyclic) bond motifs is 5. The Morgan fingerprint density at radius 3 is 2.67 bits per heavy atom. The highest BCUT2D eigenvalue weighted by Gasteiger charge is 2.36. The molecule has 2 heterocycles. The molecule has 0 aromatic heterocycles. The second-order valence-corrected chi connectivity index (χ2v) is 6.80. The molecule has 0 aliphatic carbocycles. The van der Waals surface area contributed by atoms with E-state index in [1.165, 1.54) is 28.0 Å². The van der Waals surface area contributed by atoms with Gasteiger partial charge in [-0.15, -0.1) is 0 Å². The van der Waals surface area contributed by atoms with Crippen LogP contribution in [-0.2, 0) is 0 Å². The van der Waals surface area contributed by atoms with E-state index in [1.54, 1.807) is 19.2 Å². The SMILES string of the molecule is COc1ccc(C=C2c3ccccc3N3C=Cc4ccccc4C23)cc1O. The number of benzene rings is 3. The predicted molar refractivity (Wildman–Crippen MR) is 110 cm³/mol. The number of anilines is 1. The number of nitrogens with zero attached hydrogens (tertiary/aromatic N) is 1. The minimum Gasteiger partial charge on any atom is -0.504 e. The molecule has 0 saturated carbocycles. The Hall–Kier alpha value is -3.46. The zero-order valence-electron chi connectivity index (χ0n) is 15.0. The third-order valence-electron chi connectivity index (χ3n) is 5.30. The number of methoxy groups -OCH3 is 1. The quantitative estimate of drug-likeness (QED) is 0.661. The van der Waals surface area contributed by atoms with Crippen molar-refractivity contribution in [3.05, 3.63) is 95.2 Å². The number of phenolic OH excluding ortho intramolecular Hbond substituents is 1. The van der Waals surface area contributed by atoms with Crippen molar-refractivity contribution in [1.82, 2.24) is 0 Å². The van der Waals surface area contributed by atoms with E-state index in [1.807, 2.05) is 6.07 Å². The summed E-state index contributed by atoms with van der Waals surface area (Å²) in [6.45, 7) is 0. The molecule has 1 unspecified atom stereocenters. The summed E-state index contributed by atoms with van der Waals surface area (Å²) in [5, 5.41) is 10.2. The normalized spacial score (nSPS) is 18.2. The minimum absolute atomic E-state index is 0.132. The van der Waals surface area contributed by atoms with Gasteiger partial charge in [0, 0.05) is 17.5 Å². The lowest BCUT2D eigenvalue weighted by molar-refractivity contribution is 0.373. The molecule has 0 saturated heterocycles. The summed E-state index contributed by atoms with van der Waals surface area (Å²) in [6.07, 6.45) is 6.50. The second-order valence-electron chi connectivity index (χ2n) is 6.80. The van der Waals surface area contributed by atoms with Crippen LogP contribution in [0.2, 0.25) is 0 Å². The summed E-state index contributed by atoms with van der Waals surface area (Å²) in [5.74, 6) is 0.635. The molecule has 0 fully saturated rings. The van der Waals surface area contributed by atoms with Crippen LogP contribution in [0.5, 0.6) is 11.5 Å². The summed E-state index contributed by atoms with van der Waals surface area (Å²) < 4.78 is 5.17. The second kappa shape index (κ2) is 6.06. The maximum Gasteiger partial charge on any atom is 0.160 e. The van der Waals surface area contributed by atoms with E-state index in [2.05, 4.69) is 71.8 Å². The number of hydrogen-bond donors (Lipinski definition) is 1. The van der Waals surface area contributed by atoms with Gasteiger partial charge in [0.1, 0.15) is 0 Å². The van der Waals surface area contributed by atoms with Gasteiger partial charge in [-0.25, -0.2) is 0 Å². The molecule has 1 atom stereocenters. The lowest BCUT2D eigenvalue weighted by Gasteiger charge is -2.29. The van der Waals surface area contributed by atoms with Crippen molar-refractivity contribution in [2.24, 2.45) is 0 Å². The topological polar surface area (TPSA) is 32.7 Å². The van der Waals surface area contributed by atoms with Gasteiger partial charge in [-0.2, -0.15) is 0 Å². The summed E-state index contributed by atoms with van der Waals surface area (Å²) in [5.41, 5.74) is 7.14. The molecule has 3 heteroatoms. The molecule has 0 radical (unpaired) electrons. The number of ether oxygens (including phenoxy) is 1. The van der Waals surface area contributed by atoms with Crippen molar-refractivity contribution >= 4 is 23.4 Å². The van der Waals surface area contributed by atoms with Crippen LogP contribution in [0.3, 0.4) is 0 Å². The molecule has 132 valence electrons. The van der Waals surface area contributed by atoms with Gasteiger partial charge >= 0.3 is 0 Å². The van der Waals surface area contributed by atoms with Crippen LogP contribution >= 0.6 is 0 Å². The number of aromatic hydroxyl groups is 1. The van der Waals surface area contributed by atoms with Gasteiger partial charge in [-0.05, 0) is 52.6 Å². The van der Waals surface area contributed by atoms with E-state index in [9.17, 15) is 5.11 Å². The van der Waals surface area contributed by atoms with Crippen molar-refractivity contribution in [3.8, 4) is 11.5 Å². The molecular weight excluding hydrogens is 334 g/mol. The van der Waals surface area contributed by atoms with Gasteiger partial charge in [-0.1, -0.05) is 48.5 Å². The highest BCUT2D eigenvalue weighted by molar-refractivity contribution is 5.98. The van der Waals surface area contributed by atoms with E-state index in [0.29, 0.717) is 5.75 Å². The fourth-order valence-electron chi connectivity index (χ4n) is 4.07. The molecule has 3 nitrogen and oxygen atoms in total. The smallest absolute Gasteiger partial charge is 0.160 e. The predicted octanol–water partition coefficient (Wildman–Crippen LogP) is 5.49. The lowest BCUT2D eigenvalue weighted by Crippen LogP contribution is -2.21. The monoisotopic (exact) mass is 353 g/mol. The first-order valence-corrected chi connectivity index (χ1v) is 9.00. The molecule has 27 heavy (non-hydrogen) atoms. The van der Waals surface area contributed by atoms with Crippen LogP contribution in [0.15, 0.2) is 72.9 Å². The zero-order chi connectivity index (χ0) is 18.4. The molecule has 0 amide bonds. The average molecular weight is 353 g/mol. The lowest BCUT2D eigenvalue weighted by atomic mass is 9.90. The van der Waals surface area contributed by atoms with Crippen molar-refractivity contribution in [1.29, 1.82) is 0 Å². The van der Waals surface area contributed by atoms with Gasteiger partial charge in [0.2, 0.25) is 0 Å². The Balaban J connectivity index is 1.70. The Kier molecular flexibility index (Phi) is 3.54. The van der Waals surface area contributed by atoms with Crippen LogP contribution in [-0.4, -0.2) is 12.2 Å². The molecular formula is C24H19NO2. The van der Waals surface area contributed by atoms with Gasteiger partial charge in [-0.3, -0.25) is 0 Å². The molecule has 2 aliphatic heterocycles. The largest absolute Gasteiger partial charge is 0.504 e. The fraction of sp³-hybridized carbons (Fsp3) is 0.0833. The average Bonchev–Trinajstić information content (AvgIpc) is 3.02. The van der Waals surface area contributed by atoms with Crippen LogP contribution < -0.4 is 9.64 Å². The van der Waals surface area contributed by atoms with Crippen LogP contribution in [0.25, 0.3) is 17.7 Å². The molecule has 0 bridgehead atoms. The summed E-state index contributed by atoms with van der Waals surface area (Å²) in [6, 6.07) is 22.7. The maximum absolute atomic E-state index is 10.2. The number of para-hydroxylation sites is 1. The molecule has 0 spiro atoms. The third kappa shape index (κ3) is 2.43. The first kappa shape index (κ1) is 15.8. The Morgan fingerprint density at radius 1 is 1.00 bits per heavy atom. The summed E-state index contributed by atoms with van der Waals surface area (Å²) in [7, 11) is 1.56. The first-order chi connectivity index (χ1) is 13.3. The molecule has 2 aliphatic rings. The van der Waals surface area contributed by atoms with Crippen molar-refractivity contribution in [2.75, 3.05) is 12.0 Å². The van der Waals surface area contributed by atoms with Crippen LogP contribution in [0.1, 0.15) is 28.3 Å². The third-order valence-corrected chi connectivity index (χ3v) is 5.30. The number of rotatable bonds is 2. The Labute approximate surface area is 158 Å². The maximum atomic E-state index is 10.2. The van der Waals surface area contributed by atoms with Crippen molar-refractivity contribution in [3.63, 3.8) is 0 Å². The standard InChI is InChI=1S/C24H19NO2/c1-27-23-11-10-16(15-22(23)26)14-20-19-8-4-5-9-21(19)25-13-12-17-6-2-3-7-18(17)24(20)25/h2-15,24,26H,1H3. The first-order valence-electron chi connectivity index (χ1n) is 9.00. The zero-order valence-corrected chi connectivity index (χ0v) is 15.0. The molecule has 1 N–H and O–H groups in total. The molecule has 3 aromatic carbocycles. The molecule has 3 aromatic rings. The Bertz CT molecular complexity index is 1100. The van der Waals surface area contributed by atoms with E-state index in [4.69, 9.17) is 4.74 Å². The summed E-state index contributed by atoms with van der Waals surface area (Å²) in [4.78, 5) is 2.33. The highest BCUT2D eigenvalue weighted by atomic mass is 16.5. The van der Waals surface area contributed by atoms with E-state index < -0.39 is 0 Å². The van der Waals surface area contributed by atoms with Gasteiger partial charge < -0.3 is 14.7 Å². The van der Waals surface area contributed by atoms with E-state index in [-0.39, 0.29) is 11.8 Å². The summed E-state index contributed by atoms with van der Waals surface area (Å²) >= 11 is 0. The van der Waals surface area contributed by atoms with E-state index >= 15 is 0 Å². The van der Waals surface area contributed by atoms with Crippen LogP contribution in [0, 0.1) is 0 Å². The van der Waals surface area contributed by atoms with Gasteiger partial charge in [0.15, 0.2) is 11.5 Å².